The van der Waals surface area contributed by atoms with E-state index in [0.717, 1.165) is 12.3 Å². The molecule has 0 amide bonds. The van der Waals surface area contributed by atoms with Gasteiger partial charge in [-0.1, -0.05) is 0 Å². The van der Waals surface area contributed by atoms with Crippen molar-refractivity contribution in [1.82, 2.24) is 9.97 Å². The smallest absolute Gasteiger partial charge is 0.282 e. The highest BCUT2D eigenvalue weighted by atomic mass is 19.4. The first-order chi connectivity index (χ1) is 5.91. The van der Waals surface area contributed by atoms with Gasteiger partial charge in [-0.3, -0.25) is 4.79 Å². The van der Waals surface area contributed by atoms with Crippen molar-refractivity contribution < 1.29 is 18.0 Å². The van der Waals surface area contributed by atoms with Gasteiger partial charge in [0, 0.05) is 6.20 Å². The molecule has 0 aliphatic carbocycles. The van der Waals surface area contributed by atoms with Crippen LogP contribution in [0, 0.1) is 6.92 Å². The predicted molar refractivity (Wildman–Crippen MR) is 37.2 cm³/mol. The highest BCUT2D eigenvalue weighted by Crippen LogP contribution is 2.19. The Labute approximate surface area is 71.6 Å². The standard InChI is InChI=1S/C7H5F3N2O/c1-4-11-3-2-5(12-4)6(13)7(8,9)10/h2-3H,1H3. The Morgan fingerprint density at radius 2 is 2.08 bits per heavy atom. The predicted octanol–water partition coefficient (Wildman–Crippen LogP) is 1.53. The second kappa shape index (κ2) is 3.12. The zero-order valence-corrected chi connectivity index (χ0v) is 6.59. The Balaban J connectivity index is 3.03. The molecular weight excluding hydrogens is 185 g/mol. The number of nitrogens with zero attached hydrogens (tertiary/aromatic N) is 2. The van der Waals surface area contributed by atoms with Gasteiger partial charge in [-0.05, 0) is 13.0 Å². The zero-order chi connectivity index (χ0) is 10.1. The minimum atomic E-state index is -4.87. The monoisotopic (exact) mass is 190 g/mol. The SMILES string of the molecule is Cc1nccc(C(=O)C(F)(F)F)n1. The van der Waals surface area contributed by atoms with Gasteiger partial charge in [-0.2, -0.15) is 13.2 Å². The summed E-state index contributed by atoms with van der Waals surface area (Å²) in [5, 5.41) is 0. The Hall–Kier alpha value is -1.46. The van der Waals surface area contributed by atoms with Gasteiger partial charge in [0.1, 0.15) is 11.5 Å². The van der Waals surface area contributed by atoms with Crippen LogP contribution in [0.5, 0.6) is 0 Å². The maximum atomic E-state index is 11.9. The average molecular weight is 190 g/mol. The van der Waals surface area contributed by atoms with Crippen LogP contribution in [0.1, 0.15) is 16.3 Å². The van der Waals surface area contributed by atoms with Gasteiger partial charge < -0.3 is 0 Å². The summed E-state index contributed by atoms with van der Waals surface area (Å²) in [6, 6.07) is 0.933. The molecule has 0 saturated heterocycles. The largest absolute Gasteiger partial charge is 0.456 e. The van der Waals surface area contributed by atoms with E-state index in [1.54, 1.807) is 0 Å². The maximum Gasteiger partial charge on any atom is 0.456 e. The highest BCUT2D eigenvalue weighted by Gasteiger charge is 2.40. The lowest BCUT2D eigenvalue weighted by molar-refractivity contribution is -0.0888. The summed E-state index contributed by atoms with van der Waals surface area (Å²) in [5.74, 6) is -1.81. The van der Waals surface area contributed by atoms with E-state index >= 15 is 0 Å². The van der Waals surface area contributed by atoms with Gasteiger partial charge in [-0.15, -0.1) is 0 Å². The number of rotatable bonds is 1. The van der Waals surface area contributed by atoms with Crippen LogP contribution in [-0.2, 0) is 0 Å². The Morgan fingerprint density at radius 3 is 2.54 bits per heavy atom. The molecule has 70 valence electrons. The number of alkyl halides is 3. The van der Waals surface area contributed by atoms with E-state index in [4.69, 9.17) is 0 Å². The second-order valence-corrected chi connectivity index (χ2v) is 2.32. The molecule has 13 heavy (non-hydrogen) atoms. The normalized spacial score (nSPS) is 11.4. The minimum absolute atomic E-state index is 0.134. The molecule has 0 aliphatic heterocycles. The number of Topliss-reactive ketones (excluding diaryl/α,β-unsaturated/α-hetero) is 1. The van der Waals surface area contributed by atoms with Crippen LogP contribution in [0.4, 0.5) is 13.2 Å². The van der Waals surface area contributed by atoms with Crippen LogP contribution < -0.4 is 0 Å². The number of aryl methyl sites for hydroxylation is 1. The number of carbonyl (C=O) groups excluding carboxylic acids is 1. The topological polar surface area (TPSA) is 42.9 Å². The third kappa shape index (κ3) is 2.24. The Bertz CT molecular complexity index is 335. The molecule has 0 unspecified atom stereocenters. The van der Waals surface area contributed by atoms with E-state index in [-0.39, 0.29) is 5.82 Å². The van der Waals surface area contributed by atoms with E-state index in [0.29, 0.717) is 0 Å². The summed E-state index contributed by atoms with van der Waals surface area (Å²) in [4.78, 5) is 17.5. The number of hydrogen-bond acceptors (Lipinski definition) is 3. The zero-order valence-electron chi connectivity index (χ0n) is 6.59. The van der Waals surface area contributed by atoms with E-state index < -0.39 is 17.7 Å². The quantitative estimate of drug-likeness (QED) is 0.630. The summed E-state index contributed by atoms with van der Waals surface area (Å²) < 4.78 is 35.6. The van der Waals surface area contributed by atoms with E-state index in [1.807, 2.05) is 0 Å². The molecule has 1 aromatic rings. The van der Waals surface area contributed by atoms with Gasteiger partial charge in [0.05, 0.1) is 0 Å². The first kappa shape index (κ1) is 9.63. The van der Waals surface area contributed by atoms with Gasteiger partial charge in [0.15, 0.2) is 0 Å². The highest BCUT2D eigenvalue weighted by molar-refractivity contribution is 5.98. The molecular formula is C7H5F3N2O. The van der Waals surface area contributed by atoms with Crippen molar-refractivity contribution in [3.05, 3.63) is 23.8 Å². The van der Waals surface area contributed by atoms with Crippen molar-refractivity contribution in [3.8, 4) is 0 Å². The van der Waals surface area contributed by atoms with Crippen LogP contribution >= 0.6 is 0 Å². The lowest BCUT2D eigenvalue weighted by Gasteiger charge is -2.03. The van der Waals surface area contributed by atoms with E-state index in [9.17, 15) is 18.0 Å². The van der Waals surface area contributed by atoms with Crippen molar-refractivity contribution in [3.63, 3.8) is 0 Å². The average Bonchev–Trinajstić information content (AvgIpc) is 2.01. The van der Waals surface area contributed by atoms with E-state index in [1.165, 1.54) is 6.92 Å². The molecule has 1 heterocycles. The molecule has 6 heteroatoms. The fraction of sp³-hybridized carbons (Fsp3) is 0.286. The first-order valence-corrected chi connectivity index (χ1v) is 3.32. The third-order valence-corrected chi connectivity index (χ3v) is 1.27. The third-order valence-electron chi connectivity index (χ3n) is 1.27. The van der Waals surface area contributed by atoms with Crippen molar-refractivity contribution in [2.24, 2.45) is 0 Å². The van der Waals surface area contributed by atoms with Gasteiger partial charge >= 0.3 is 6.18 Å². The summed E-state index contributed by atoms with van der Waals surface area (Å²) in [5.41, 5.74) is -0.625. The van der Waals surface area contributed by atoms with Crippen LogP contribution in [0.15, 0.2) is 12.3 Å². The van der Waals surface area contributed by atoms with Crippen LogP contribution in [0.2, 0.25) is 0 Å². The van der Waals surface area contributed by atoms with Gasteiger partial charge in [0.25, 0.3) is 5.78 Å². The molecule has 0 saturated carbocycles. The lowest BCUT2D eigenvalue weighted by Crippen LogP contribution is -2.24. The lowest BCUT2D eigenvalue weighted by atomic mass is 10.2. The molecule has 0 N–H and O–H groups in total. The molecule has 0 fully saturated rings. The number of aromatic nitrogens is 2. The van der Waals surface area contributed by atoms with Gasteiger partial charge in [0.2, 0.25) is 0 Å². The summed E-state index contributed by atoms with van der Waals surface area (Å²) in [6.45, 7) is 1.41. The molecule has 0 aromatic carbocycles. The molecule has 0 atom stereocenters. The maximum absolute atomic E-state index is 11.9. The Morgan fingerprint density at radius 1 is 1.46 bits per heavy atom. The summed E-state index contributed by atoms with van der Waals surface area (Å²) in [6.07, 6.45) is -3.76. The molecule has 1 aromatic heterocycles. The van der Waals surface area contributed by atoms with Crippen LogP contribution in [0.25, 0.3) is 0 Å². The van der Waals surface area contributed by atoms with Crippen molar-refractivity contribution in [2.45, 2.75) is 13.1 Å². The number of carbonyl (C=O) groups is 1. The van der Waals surface area contributed by atoms with Crippen LogP contribution in [0.3, 0.4) is 0 Å². The number of hydrogen-bond donors (Lipinski definition) is 0. The van der Waals surface area contributed by atoms with Crippen molar-refractivity contribution in [2.75, 3.05) is 0 Å². The van der Waals surface area contributed by atoms with Crippen molar-refractivity contribution in [1.29, 1.82) is 0 Å². The molecule has 0 radical (unpaired) electrons. The molecule has 1 rings (SSSR count). The Kier molecular flexibility index (Phi) is 2.31. The van der Waals surface area contributed by atoms with Crippen molar-refractivity contribution >= 4 is 5.78 Å². The fourth-order valence-electron chi connectivity index (χ4n) is 0.728. The summed E-state index contributed by atoms with van der Waals surface area (Å²) in [7, 11) is 0. The second-order valence-electron chi connectivity index (χ2n) is 2.32. The molecule has 0 bridgehead atoms. The van der Waals surface area contributed by atoms with Crippen LogP contribution in [-0.4, -0.2) is 21.9 Å². The molecule has 0 spiro atoms. The summed E-state index contributed by atoms with van der Waals surface area (Å²) >= 11 is 0. The molecule has 0 aliphatic rings. The van der Waals surface area contributed by atoms with E-state index in [2.05, 4.69) is 9.97 Å². The number of ketones is 1. The fourth-order valence-corrected chi connectivity index (χ4v) is 0.728. The molecule has 3 nitrogen and oxygen atoms in total. The first-order valence-electron chi connectivity index (χ1n) is 3.32. The minimum Gasteiger partial charge on any atom is -0.282 e. The van der Waals surface area contributed by atoms with Gasteiger partial charge in [-0.25, -0.2) is 9.97 Å². The number of halogens is 3.